The fraction of sp³-hybridized carbons (Fsp3) is 0.143. The normalized spacial score (nSPS) is 12.1. The van der Waals surface area contributed by atoms with Crippen molar-refractivity contribution >= 4 is 49.6 Å². The summed E-state index contributed by atoms with van der Waals surface area (Å²) in [5.74, 6) is 0.499. The molecule has 1 unspecified atom stereocenters. The number of benzene rings is 1. The van der Waals surface area contributed by atoms with Gasteiger partial charge in [0.2, 0.25) is 5.88 Å². The molecule has 3 heterocycles. The topological polar surface area (TPSA) is 87.1 Å². The van der Waals surface area contributed by atoms with E-state index in [4.69, 9.17) is 4.74 Å². The van der Waals surface area contributed by atoms with Crippen LogP contribution >= 0.6 is 15.9 Å². The van der Waals surface area contributed by atoms with E-state index in [1.54, 1.807) is 35.7 Å². The van der Waals surface area contributed by atoms with Gasteiger partial charge in [-0.2, -0.15) is 3.97 Å². The summed E-state index contributed by atoms with van der Waals surface area (Å²) in [6, 6.07) is 11.5. The molecule has 0 saturated heterocycles. The smallest absolute Gasteiger partial charge is 0.229 e. The Morgan fingerprint density at radius 1 is 1.23 bits per heavy atom. The van der Waals surface area contributed by atoms with E-state index in [1.165, 1.54) is 0 Å². The van der Waals surface area contributed by atoms with Gasteiger partial charge in [-0.25, -0.2) is 4.98 Å². The van der Waals surface area contributed by atoms with Crippen molar-refractivity contribution in [2.75, 3.05) is 19.5 Å². The maximum absolute atomic E-state index is 13.2. The molecule has 0 aliphatic carbocycles. The maximum atomic E-state index is 13.2. The van der Waals surface area contributed by atoms with Crippen LogP contribution in [0.15, 0.2) is 70.6 Å². The third-order valence-electron chi connectivity index (χ3n) is 4.57. The fourth-order valence-corrected chi connectivity index (χ4v) is 4.82. The molecule has 0 aliphatic heterocycles. The highest BCUT2D eigenvalue weighted by molar-refractivity contribution is 9.10. The minimum atomic E-state index is -1.41. The van der Waals surface area contributed by atoms with Gasteiger partial charge in [-0.15, -0.1) is 0 Å². The van der Waals surface area contributed by atoms with Crippen LogP contribution in [0.1, 0.15) is 5.56 Å². The molecule has 2 N–H and O–H groups in total. The number of rotatable bonds is 7. The maximum Gasteiger partial charge on any atom is 0.229 e. The first-order valence-corrected chi connectivity index (χ1v) is 11.1. The van der Waals surface area contributed by atoms with Crippen molar-refractivity contribution in [1.82, 2.24) is 19.3 Å². The largest absolute Gasteiger partial charge is 0.587 e. The zero-order chi connectivity index (χ0) is 21.1. The lowest BCUT2D eigenvalue weighted by atomic mass is 10.1. The summed E-state index contributed by atoms with van der Waals surface area (Å²) in [6.07, 6.45) is 6.90. The first-order valence-electron chi connectivity index (χ1n) is 9.18. The minimum absolute atomic E-state index is 0.499. The number of nitrogens with one attached hydrogen (secondary N) is 2. The van der Waals surface area contributed by atoms with E-state index in [0.29, 0.717) is 17.3 Å². The molecule has 4 aromatic rings. The number of fused-ring (bicyclic) bond motifs is 1. The molecular formula is C21H20BrN5O2S. The molecule has 30 heavy (non-hydrogen) atoms. The average Bonchev–Trinajstić information content (AvgIpc) is 3.13. The molecule has 4 rings (SSSR count). The van der Waals surface area contributed by atoms with Crippen LogP contribution in [0.2, 0.25) is 0 Å². The highest BCUT2D eigenvalue weighted by Gasteiger charge is 2.20. The van der Waals surface area contributed by atoms with E-state index >= 15 is 0 Å². The highest BCUT2D eigenvalue weighted by atomic mass is 79.9. The van der Waals surface area contributed by atoms with Crippen LogP contribution in [-0.4, -0.2) is 32.7 Å². The van der Waals surface area contributed by atoms with Crippen LogP contribution in [0.3, 0.4) is 0 Å². The molecule has 3 aromatic heterocycles. The van der Waals surface area contributed by atoms with E-state index in [1.807, 2.05) is 43.6 Å². The Morgan fingerprint density at radius 3 is 2.83 bits per heavy atom. The fourth-order valence-electron chi connectivity index (χ4n) is 3.20. The number of pyridine rings is 2. The summed E-state index contributed by atoms with van der Waals surface area (Å²) in [4.78, 5) is 8.92. The SMILES string of the molecule is CNCc1cn([S+]([O-])c2cccnc2)c2cc(Nc3ccnc(OC)c3Br)ccc12. The van der Waals surface area contributed by atoms with Gasteiger partial charge < -0.3 is 19.9 Å². The van der Waals surface area contributed by atoms with Gasteiger partial charge in [-0.05, 0) is 58.9 Å². The Balaban J connectivity index is 1.77. The minimum Gasteiger partial charge on any atom is -0.587 e. The number of halogens is 1. The summed E-state index contributed by atoms with van der Waals surface area (Å²) < 4.78 is 21.0. The van der Waals surface area contributed by atoms with Gasteiger partial charge in [0.25, 0.3) is 0 Å². The molecule has 0 aliphatic rings. The van der Waals surface area contributed by atoms with Gasteiger partial charge in [0.1, 0.15) is 21.4 Å². The molecule has 0 bridgehead atoms. The van der Waals surface area contributed by atoms with Gasteiger partial charge in [-0.3, -0.25) is 4.98 Å². The third-order valence-corrected chi connectivity index (χ3v) is 6.64. The van der Waals surface area contributed by atoms with E-state index in [2.05, 4.69) is 36.5 Å². The highest BCUT2D eigenvalue weighted by Crippen LogP contribution is 2.34. The number of aromatic nitrogens is 3. The van der Waals surface area contributed by atoms with Crippen LogP contribution in [0, 0.1) is 0 Å². The van der Waals surface area contributed by atoms with E-state index < -0.39 is 11.4 Å². The first kappa shape index (κ1) is 20.7. The molecular weight excluding hydrogens is 466 g/mol. The van der Waals surface area contributed by atoms with Gasteiger partial charge >= 0.3 is 0 Å². The first-order chi connectivity index (χ1) is 14.6. The monoisotopic (exact) mass is 485 g/mol. The van der Waals surface area contributed by atoms with Gasteiger partial charge in [-0.1, -0.05) is 6.07 Å². The molecule has 154 valence electrons. The summed E-state index contributed by atoms with van der Waals surface area (Å²) in [6.45, 7) is 0.674. The number of hydrogen-bond acceptors (Lipinski definition) is 6. The van der Waals surface area contributed by atoms with Crippen molar-refractivity contribution in [3.05, 3.63) is 71.2 Å². The second kappa shape index (κ2) is 9.05. The summed E-state index contributed by atoms with van der Waals surface area (Å²) in [5, 5.41) is 7.59. The van der Waals surface area contributed by atoms with Gasteiger partial charge in [0.15, 0.2) is 4.90 Å². The van der Waals surface area contributed by atoms with Crippen molar-refractivity contribution in [1.29, 1.82) is 0 Å². The predicted octanol–water partition coefficient (Wildman–Crippen LogP) is 4.24. The predicted molar refractivity (Wildman–Crippen MR) is 123 cm³/mol. The molecule has 0 saturated carbocycles. The molecule has 0 fully saturated rings. The van der Waals surface area contributed by atoms with Crippen molar-refractivity contribution in [3.8, 4) is 5.88 Å². The summed E-state index contributed by atoms with van der Waals surface area (Å²) in [5.41, 5.74) is 3.62. The van der Waals surface area contributed by atoms with Crippen LogP contribution in [0.25, 0.3) is 10.9 Å². The second-order valence-electron chi connectivity index (χ2n) is 6.49. The van der Waals surface area contributed by atoms with Crippen LogP contribution in [-0.2, 0) is 17.9 Å². The van der Waals surface area contributed by atoms with Gasteiger partial charge in [0, 0.05) is 30.0 Å². The van der Waals surface area contributed by atoms with E-state index in [9.17, 15) is 4.55 Å². The number of ether oxygens (including phenoxy) is 1. The van der Waals surface area contributed by atoms with Gasteiger partial charge in [0.05, 0.1) is 25.2 Å². The standard InChI is InChI=1S/C21H20BrN5O2S/c1-23-11-14-13-27(30(28)16-4-3-8-24-12-16)19-10-15(5-6-17(14)19)26-18-7-9-25-21(29-2)20(18)22/h3-10,12-13,23H,11H2,1-2H3,(H,25,26). The average molecular weight is 486 g/mol. The summed E-state index contributed by atoms with van der Waals surface area (Å²) >= 11 is 2.11. The quantitative estimate of drug-likeness (QED) is 0.380. The number of nitrogens with zero attached hydrogens (tertiary/aromatic N) is 3. The lowest BCUT2D eigenvalue weighted by molar-refractivity contribution is 0.395. The Hall–Kier alpha value is -2.59. The molecule has 0 spiro atoms. The van der Waals surface area contributed by atoms with Crippen molar-refractivity contribution in [2.24, 2.45) is 0 Å². The zero-order valence-electron chi connectivity index (χ0n) is 16.4. The Morgan fingerprint density at radius 2 is 2.10 bits per heavy atom. The Bertz CT molecular complexity index is 1170. The van der Waals surface area contributed by atoms with Crippen molar-refractivity contribution in [2.45, 2.75) is 11.4 Å². The molecule has 0 amide bonds. The van der Waals surface area contributed by atoms with Crippen LogP contribution < -0.4 is 15.4 Å². The number of hydrogen-bond donors (Lipinski definition) is 2. The summed E-state index contributed by atoms with van der Waals surface area (Å²) in [7, 11) is 3.47. The number of methoxy groups -OCH3 is 1. The van der Waals surface area contributed by atoms with E-state index in [-0.39, 0.29) is 0 Å². The zero-order valence-corrected chi connectivity index (χ0v) is 18.8. The molecule has 7 nitrogen and oxygen atoms in total. The molecule has 1 aromatic carbocycles. The molecule has 9 heteroatoms. The van der Waals surface area contributed by atoms with Crippen molar-refractivity contribution < 1.29 is 9.29 Å². The lowest BCUT2D eigenvalue weighted by Crippen LogP contribution is -2.12. The Labute approximate surface area is 185 Å². The molecule has 1 atom stereocenters. The number of anilines is 2. The Kier molecular flexibility index (Phi) is 6.24. The second-order valence-corrected chi connectivity index (χ2v) is 8.64. The van der Waals surface area contributed by atoms with Crippen molar-refractivity contribution in [3.63, 3.8) is 0 Å². The van der Waals surface area contributed by atoms with E-state index in [0.717, 1.165) is 32.3 Å². The van der Waals surface area contributed by atoms with Crippen LogP contribution in [0.5, 0.6) is 5.88 Å². The third kappa shape index (κ3) is 4.01. The molecule has 0 radical (unpaired) electrons. The van der Waals surface area contributed by atoms with Crippen LogP contribution in [0.4, 0.5) is 11.4 Å². The lowest BCUT2D eigenvalue weighted by Gasteiger charge is -2.13.